The number of benzene rings is 1. The Bertz CT molecular complexity index is 461. The molecule has 3 nitrogen and oxygen atoms in total. The van der Waals surface area contributed by atoms with Crippen molar-refractivity contribution in [1.29, 1.82) is 0 Å². The van der Waals surface area contributed by atoms with E-state index >= 15 is 0 Å². The summed E-state index contributed by atoms with van der Waals surface area (Å²) in [6.07, 6.45) is 2.32. The van der Waals surface area contributed by atoms with Crippen molar-refractivity contribution in [1.82, 2.24) is 10.2 Å². The Morgan fingerprint density at radius 2 is 2.05 bits per heavy atom. The van der Waals surface area contributed by atoms with Gasteiger partial charge in [0.05, 0.1) is 0 Å². The number of carbonyl (C=O) groups excluding carboxylic acids is 1. The predicted molar refractivity (Wildman–Crippen MR) is 74.1 cm³/mol. The van der Waals surface area contributed by atoms with E-state index in [1.165, 1.54) is 12.1 Å². The van der Waals surface area contributed by atoms with Gasteiger partial charge in [-0.25, -0.2) is 4.39 Å². The maximum atomic E-state index is 13.1. The molecule has 5 heteroatoms. The van der Waals surface area contributed by atoms with Gasteiger partial charge in [0.1, 0.15) is 5.82 Å². The van der Waals surface area contributed by atoms with Crippen molar-refractivity contribution in [2.45, 2.75) is 18.9 Å². The molecule has 0 saturated carbocycles. The van der Waals surface area contributed by atoms with Crippen molar-refractivity contribution in [2.75, 3.05) is 19.6 Å². The van der Waals surface area contributed by atoms with Gasteiger partial charge in [-0.15, -0.1) is 12.4 Å². The number of hydrogen-bond donors (Lipinski definition) is 1. The molecule has 3 saturated heterocycles. The van der Waals surface area contributed by atoms with Crippen LogP contribution in [0.5, 0.6) is 0 Å². The molecule has 0 aliphatic carbocycles. The molecule has 104 valence electrons. The summed E-state index contributed by atoms with van der Waals surface area (Å²) in [5.41, 5.74) is 0.409. The first-order chi connectivity index (χ1) is 8.72. The molecule has 0 radical (unpaired) electrons. The summed E-state index contributed by atoms with van der Waals surface area (Å²) >= 11 is 0. The van der Waals surface area contributed by atoms with Crippen LogP contribution in [0.15, 0.2) is 24.3 Å². The molecule has 2 bridgehead atoms. The highest BCUT2D eigenvalue weighted by molar-refractivity contribution is 5.94. The third kappa shape index (κ3) is 3.07. The van der Waals surface area contributed by atoms with Crippen LogP contribution in [0, 0.1) is 11.7 Å². The topological polar surface area (TPSA) is 32.3 Å². The van der Waals surface area contributed by atoms with E-state index in [4.69, 9.17) is 0 Å². The van der Waals surface area contributed by atoms with Gasteiger partial charge in [0.25, 0.3) is 5.91 Å². The Labute approximate surface area is 118 Å². The molecule has 1 atom stereocenters. The van der Waals surface area contributed by atoms with Crippen molar-refractivity contribution in [3.63, 3.8) is 0 Å². The Kier molecular flexibility index (Phi) is 4.42. The highest BCUT2D eigenvalue weighted by atomic mass is 35.5. The second-order valence-corrected chi connectivity index (χ2v) is 5.23. The van der Waals surface area contributed by atoms with Gasteiger partial charge in [-0.2, -0.15) is 0 Å². The molecule has 3 fully saturated rings. The van der Waals surface area contributed by atoms with Gasteiger partial charge in [-0.3, -0.25) is 4.79 Å². The number of carbonyl (C=O) groups is 1. The number of fused-ring (bicyclic) bond motifs is 3. The van der Waals surface area contributed by atoms with Gasteiger partial charge in [-0.05, 0) is 50.0 Å². The number of rotatable bonds is 2. The molecule has 3 aliphatic rings. The van der Waals surface area contributed by atoms with Gasteiger partial charge in [0, 0.05) is 18.2 Å². The lowest BCUT2D eigenvalue weighted by Crippen LogP contribution is -2.57. The van der Waals surface area contributed by atoms with Crippen LogP contribution in [-0.4, -0.2) is 36.5 Å². The first-order valence-electron chi connectivity index (χ1n) is 6.51. The lowest BCUT2D eigenvalue weighted by molar-refractivity contribution is 0.0620. The summed E-state index contributed by atoms with van der Waals surface area (Å²) < 4.78 is 13.1. The molecular weight excluding hydrogens is 267 g/mol. The largest absolute Gasteiger partial charge is 0.348 e. The minimum absolute atomic E-state index is 0. The number of amides is 1. The van der Waals surface area contributed by atoms with Gasteiger partial charge in [0.2, 0.25) is 0 Å². The lowest BCUT2D eigenvalue weighted by atomic mass is 9.84. The number of halogens is 2. The van der Waals surface area contributed by atoms with E-state index in [-0.39, 0.29) is 30.2 Å². The maximum absolute atomic E-state index is 13.1. The minimum atomic E-state index is -0.364. The second-order valence-electron chi connectivity index (χ2n) is 5.23. The summed E-state index contributed by atoms with van der Waals surface area (Å²) in [6.45, 7) is 3.24. The zero-order valence-electron chi connectivity index (χ0n) is 10.6. The van der Waals surface area contributed by atoms with Crippen LogP contribution in [0.2, 0.25) is 0 Å². The summed E-state index contributed by atoms with van der Waals surface area (Å²) in [7, 11) is 0. The molecule has 3 aliphatic heterocycles. The number of nitrogens with zero attached hydrogens (tertiary/aromatic N) is 1. The quantitative estimate of drug-likeness (QED) is 0.902. The average molecular weight is 285 g/mol. The molecule has 1 aromatic rings. The normalized spacial score (nSPS) is 28.6. The van der Waals surface area contributed by atoms with Gasteiger partial charge in [-0.1, -0.05) is 6.07 Å². The Hall–Kier alpha value is -1.13. The van der Waals surface area contributed by atoms with Crippen LogP contribution in [0.1, 0.15) is 23.2 Å². The Morgan fingerprint density at radius 3 is 2.63 bits per heavy atom. The highest BCUT2D eigenvalue weighted by Crippen LogP contribution is 2.27. The number of hydrogen-bond acceptors (Lipinski definition) is 2. The minimum Gasteiger partial charge on any atom is -0.348 e. The summed E-state index contributed by atoms with van der Waals surface area (Å²) in [6, 6.07) is 6.09. The van der Waals surface area contributed by atoms with Crippen LogP contribution in [0.25, 0.3) is 0 Å². The molecule has 4 rings (SSSR count). The molecular formula is C14H18ClFN2O. The van der Waals surface area contributed by atoms with Crippen LogP contribution < -0.4 is 5.32 Å². The van der Waals surface area contributed by atoms with Crippen LogP contribution in [0.3, 0.4) is 0 Å². The maximum Gasteiger partial charge on any atom is 0.251 e. The van der Waals surface area contributed by atoms with Crippen molar-refractivity contribution < 1.29 is 9.18 Å². The third-order valence-corrected chi connectivity index (χ3v) is 4.06. The van der Waals surface area contributed by atoms with E-state index in [0.29, 0.717) is 11.5 Å². The molecule has 0 aromatic heterocycles. The van der Waals surface area contributed by atoms with E-state index in [2.05, 4.69) is 10.2 Å². The van der Waals surface area contributed by atoms with E-state index < -0.39 is 0 Å². The summed E-state index contributed by atoms with van der Waals surface area (Å²) in [5.74, 6) is 0.0670. The van der Waals surface area contributed by atoms with Gasteiger partial charge < -0.3 is 10.2 Å². The Balaban J connectivity index is 0.00000133. The second kappa shape index (κ2) is 5.88. The number of nitrogens with one attached hydrogen (secondary N) is 1. The summed E-state index contributed by atoms with van der Waals surface area (Å²) in [4.78, 5) is 14.4. The molecule has 1 unspecified atom stereocenters. The van der Waals surface area contributed by atoms with E-state index in [1.54, 1.807) is 12.1 Å². The first-order valence-corrected chi connectivity index (χ1v) is 6.51. The predicted octanol–water partition coefficient (Wildman–Crippen LogP) is 2.07. The highest BCUT2D eigenvalue weighted by Gasteiger charge is 2.34. The average Bonchev–Trinajstić information content (AvgIpc) is 2.40. The van der Waals surface area contributed by atoms with Crippen molar-refractivity contribution in [2.24, 2.45) is 5.92 Å². The van der Waals surface area contributed by atoms with E-state index in [1.807, 2.05) is 0 Å². The monoisotopic (exact) mass is 284 g/mol. The summed E-state index contributed by atoms with van der Waals surface area (Å²) in [5, 5.41) is 3.05. The van der Waals surface area contributed by atoms with E-state index in [9.17, 15) is 9.18 Å². The lowest BCUT2D eigenvalue weighted by Gasteiger charge is -2.44. The molecule has 3 heterocycles. The third-order valence-electron chi connectivity index (χ3n) is 4.06. The molecule has 1 N–H and O–H groups in total. The fourth-order valence-corrected chi connectivity index (χ4v) is 3.01. The van der Waals surface area contributed by atoms with Crippen molar-refractivity contribution in [3.8, 4) is 0 Å². The zero-order valence-corrected chi connectivity index (χ0v) is 11.5. The van der Waals surface area contributed by atoms with Crippen LogP contribution in [0.4, 0.5) is 4.39 Å². The fourth-order valence-electron chi connectivity index (χ4n) is 3.01. The van der Waals surface area contributed by atoms with Crippen LogP contribution in [-0.2, 0) is 0 Å². The van der Waals surface area contributed by atoms with Crippen LogP contribution >= 0.6 is 12.4 Å². The standard InChI is InChI=1S/C14H17FN2O.ClH/c15-12-3-1-2-11(8-12)14(18)16-13-9-17-6-4-10(13)5-7-17;/h1-3,8,10,13H,4-7,9H2,(H,16,18);1H. The van der Waals surface area contributed by atoms with Gasteiger partial charge >= 0.3 is 0 Å². The van der Waals surface area contributed by atoms with E-state index in [0.717, 1.165) is 32.5 Å². The van der Waals surface area contributed by atoms with Crippen molar-refractivity contribution in [3.05, 3.63) is 35.6 Å². The van der Waals surface area contributed by atoms with Gasteiger partial charge in [0.15, 0.2) is 0 Å². The fraction of sp³-hybridized carbons (Fsp3) is 0.500. The van der Waals surface area contributed by atoms with Crippen molar-refractivity contribution >= 4 is 18.3 Å². The molecule has 1 aromatic carbocycles. The smallest absolute Gasteiger partial charge is 0.251 e. The molecule has 1 amide bonds. The molecule has 19 heavy (non-hydrogen) atoms. The first kappa shape index (κ1) is 14.3. The Morgan fingerprint density at radius 1 is 1.32 bits per heavy atom. The zero-order chi connectivity index (χ0) is 12.5. The number of piperidine rings is 3. The SMILES string of the molecule is Cl.O=C(NC1CN2CCC1CC2)c1cccc(F)c1. The molecule has 0 spiro atoms.